The van der Waals surface area contributed by atoms with E-state index >= 15 is 8.78 Å². The van der Waals surface area contributed by atoms with Crippen molar-refractivity contribution in [1.29, 1.82) is 5.26 Å². The first-order valence-corrected chi connectivity index (χ1v) is 12.8. The lowest BCUT2D eigenvalue weighted by Gasteiger charge is -2.55. The van der Waals surface area contributed by atoms with Crippen LogP contribution >= 0.6 is 0 Å². The minimum Gasteiger partial charge on any atom is -0.382 e. The van der Waals surface area contributed by atoms with Crippen molar-refractivity contribution in [2.75, 3.05) is 0 Å². The van der Waals surface area contributed by atoms with Gasteiger partial charge in [0, 0.05) is 17.8 Å². The van der Waals surface area contributed by atoms with E-state index in [0.717, 1.165) is 29.6 Å². The van der Waals surface area contributed by atoms with Gasteiger partial charge in [0.1, 0.15) is 5.60 Å². The molecule has 0 amide bonds. The summed E-state index contributed by atoms with van der Waals surface area (Å²) in [6.45, 7) is 5.70. The van der Waals surface area contributed by atoms with E-state index < -0.39 is 22.4 Å². The summed E-state index contributed by atoms with van der Waals surface area (Å²) in [6.07, 6.45) is 15.4. The van der Waals surface area contributed by atoms with Crippen LogP contribution < -0.4 is 0 Å². The lowest BCUT2D eigenvalue weighted by Crippen LogP contribution is -2.60. The smallest absolute Gasteiger partial charge is 0.336 e. The van der Waals surface area contributed by atoms with Gasteiger partial charge in [-0.15, -0.1) is 6.42 Å². The van der Waals surface area contributed by atoms with Crippen molar-refractivity contribution in [2.24, 2.45) is 28.6 Å². The van der Waals surface area contributed by atoms with Crippen LogP contribution in [0.3, 0.4) is 0 Å². The number of nitriles is 1. The number of aliphatic hydroxyl groups is 1. The maximum Gasteiger partial charge on any atom is 0.336 e. The van der Waals surface area contributed by atoms with E-state index in [1.165, 1.54) is 11.1 Å². The third-order valence-corrected chi connectivity index (χ3v) is 10.2. The number of carbonyl (C=O) groups is 1. The van der Waals surface area contributed by atoms with Gasteiger partial charge in [-0.2, -0.15) is 14.0 Å². The first-order valence-electron chi connectivity index (χ1n) is 12.8. The summed E-state index contributed by atoms with van der Waals surface area (Å²) in [5.41, 5.74) is 1.72. The van der Waals surface area contributed by atoms with Gasteiger partial charge in [0.15, 0.2) is 5.78 Å². The number of nitrogens with zero attached hydrogens (tertiary/aromatic N) is 1. The van der Waals surface area contributed by atoms with Gasteiger partial charge in [-0.1, -0.05) is 30.2 Å². The molecule has 0 aromatic rings. The fourth-order valence-electron chi connectivity index (χ4n) is 7.93. The molecule has 0 saturated heterocycles. The van der Waals surface area contributed by atoms with Crippen molar-refractivity contribution in [3.05, 3.63) is 46.1 Å². The monoisotopic (exact) mass is 477 g/mol. The summed E-state index contributed by atoms with van der Waals surface area (Å²) in [7, 11) is 0. The normalized spacial score (nSPS) is 41.0. The number of allylic oxidation sites excluding steroid dienone is 8. The van der Waals surface area contributed by atoms with E-state index in [4.69, 9.17) is 6.42 Å². The highest BCUT2D eigenvalue weighted by Crippen LogP contribution is 2.68. The minimum atomic E-state index is -3.62. The molecule has 2 saturated carbocycles. The summed E-state index contributed by atoms with van der Waals surface area (Å²) in [4.78, 5) is 12.2. The Kier molecular flexibility index (Phi) is 5.36. The second-order valence-corrected chi connectivity index (χ2v) is 11.8. The first-order chi connectivity index (χ1) is 16.4. The van der Waals surface area contributed by atoms with E-state index in [1.807, 2.05) is 20.8 Å². The fraction of sp³-hybridized carbons (Fsp3) is 0.600. The Bertz CT molecular complexity index is 1210. The summed E-state index contributed by atoms with van der Waals surface area (Å²) in [6, 6.07) is 2.41. The number of hydrogen-bond acceptors (Lipinski definition) is 3. The quantitative estimate of drug-likeness (QED) is 0.480. The zero-order valence-corrected chi connectivity index (χ0v) is 20.8. The molecule has 1 N–H and O–H groups in total. The van der Waals surface area contributed by atoms with Gasteiger partial charge in [0.05, 0.1) is 11.5 Å². The second kappa shape index (κ2) is 7.75. The maximum absolute atomic E-state index is 15.2. The Morgan fingerprint density at radius 3 is 2.60 bits per heavy atom. The molecule has 0 aromatic heterocycles. The molecule has 0 aromatic carbocycles. The van der Waals surface area contributed by atoms with Crippen LogP contribution in [0.4, 0.5) is 8.78 Å². The number of alkyl halides is 2. The molecule has 5 aliphatic rings. The van der Waals surface area contributed by atoms with Crippen LogP contribution in [0.25, 0.3) is 0 Å². The summed E-state index contributed by atoms with van der Waals surface area (Å²) in [5, 5.41) is 21.3. The van der Waals surface area contributed by atoms with Gasteiger partial charge in [0.25, 0.3) is 0 Å². The highest BCUT2D eigenvalue weighted by Gasteiger charge is 2.71. The second-order valence-electron chi connectivity index (χ2n) is 11.8. The van der Waals surface area contributed by atoms with Gasteiger partial charge in [-0.05, 0) is 99.3 Å². The number of terminal acetylenes is 1. The van der Waals surface area contributed by atoms with Crippen molar-refractivity contribution < 1.29 is 18.7 Å². The zero-order chi connectivity index (χ0) is 25.4. The molecule has 0 radical (unpaired) electrons. The van der Waals surface area contributed by atoms with E-state index in [0.29, 0.717) is 32.1 Å². The standard InChI is InChI=1S/C30H33F2NO2/c1-5-30(31,32)29(35)13-11-25-23-8-6-19-15-21(34)7-9-22(19)26(23)24(16-28(25,29)4)20-10-12-27(3,17-33)18(2)14-20/h1,10,14-15,23-25,35H,6-9,11-13,16H2,2-4H3/t23?,24-,25?,27?,28+,29+/m1/s1. The molecule has 184 valence electrons. The summed E-state index contributed by atoms with van der Waals surface area (Å²) in [5.74, 6) is -2.02. The molecular formula is C30H33F2NO2. The predicted molar refractivity (Wildman–Crippen MR) is 130 cm³/mol. The largest absolute Gasteiger partial charge is 0.382 e. The van der Waals surface area contributed by atoms with Gasteiger partial charge < -0.3 is 5.11 Å². The molecule has 5 heteroatoms. The van der Waals surface area contributed by atoms with E-state index in [1.54, 1.807) is 12.0 Å². The maximum atomic E-state index is 15.2. The third kappa shape index (κ3) is 3.20. The molecule has 0 bridgehead atoms. The zero-order valence-electron chi connectivity index (χ0n) is 20.8. The fourth-order valence-corrected chi connectivity index (χ4v) is 7.93. The topological polar surface area (TPSA) is 61.1 Å². The lowest BCUT2D eigenvalue weighted by atomic mass is 9.50. The molecular weight excluding hydrogens is 444 g/mol. The van der Waals surface area contributed by atoms with E-state index in [-0.39, 0.29) is 30.0 Å². The lowest BCUT2D eigenvalue weighted by molar-refractivity contribution is -0.210. The predicted octanol–water partition coefficient (Wildman–Crippen LogP) is 6.22. The summed E-state index contributed by atoms with van der Waals surface area (Å²) < 4.78 is 30.3. The average molecular weight is 478 g/mol. The molecule has 0 heterocycles. The molecule has 5 aliphatic carbocycles. The van der Waals surface area contributed by atoms with E-state index in [9.17, 15) is 15.2 Å². The molecule has 5 rings (SSSR count). The van der Waals surface area contributed by atoms with Crippen LogP contribution in [-0.4, -0.2) is 22.4 Å². The van der Waals surface area contributed by atoms with Crippen LogP contribution in [0.15, 0.2) is 46.1 Å². The van der Waals surface area contributed by atoms with Gasteiger partial charge in [-0.3, -0.25) is 4.79 Å². The van der Waals surface area contributed by atoms with Gasteiger partial charge >= 0.3 is 5.92 Å². The Morgan fingerprint density at radius 1 is 1.20 bits per heavy atom. The van der Waals surface area contributed by atoms with Crippen LogP contribution in [-0.2, 0) is 4.79 Å². The third-order valence-electron chi connectivity index (χ3n) is 10.2. The van der Waals surface area contributed by atoms with Gasteiger partial charge in [0.2, 0.25) is 0 Å². The molecule has 0 aliphatic heterocycles. The van der Waals surface area contributed by atoms with Crippen LogP contribution in [0.1, 0.15) is 72.1 Å². The van der Waals surface area contributed by atoms with Crippen LogP contribution in [0, 0.1) is 52.3 Å². The van der Waals surface area contributed by atoms with Crippen molar-refractivity contribution in [1.82, 2.24) is 0 Å². The van der Waals surface area contributed by atoms with Crippen LogP contribution in [0.5, 0.6) is 0 Å². The van der Waals surface area contributed by atoms with E-state index in [2.05, 4.69) is 18.2 Å². The Hall–Kier alpha value is -2.50. The number of fused-ring (bicyclic) bond motifs is 4. The van der Waals surface area contributed by atoms with Gasteiger partial charge in [-0.25, -0.2) is 0 Å². The van der Waals surface area contributed by atoms with Crippen molar-refractivity contribution in [2.45, 2.75) is 83.7 Å². The Morgan fingerprint density at radius 2 is 1.94 bits per heavy atom. The number of halogens is 2. The Labute approximate surface area is 206 Å². The number of hydrogen-bond donors (Lipinski definition) is 1. The van der Waals surface area contributed by atoms with Crippen molar-refractivity contribution in [3.8, 4) is 18.4 Å². The number of carbonyl (C=O) groups excluding carboxylic acids is 1. The van der Waals surface area contributed by atoms with Crippen molar-refractivity contribution in [3.63, 3.8) is 0 Å². The Balaban J connectivity index is 1.69. The number of ketones is 1. The molecule has 3 nitrogen and oxygen atoms in total. The minimum absolute atomic E-state index is 0.0151. The number of rotatable bonds is 2. The SMILES string of the molecule is C#CC(F)(F)[C@]1(O)CCC2C3CCC4=CC(=O)CCC4=C3[C@@H](C3=CCC(C)(C#N)C(C)=C3)C[C@@]21C. The highest BCUT2D eigenvalue weighted by atomic mass is 19.3. The average Bonchev–Trinajstić information content (AvgIpc) is 3.12. The first kappa shape index (κ1) is 24.2. The summed E-state index contributed by atoms with van der Waals surface area (Å²) >= 11 is 0. The van der Waals surface area contributed by atoms with Crippen LogP contribution in [0.2, 0.25) is 0 Å². The molecule has 6 atom stereocenters. The molecule has 35 heavy (non-hydrogen) atoms. The highest BCUT2D eigenvalue weighted by molar-refractivity contribution is 5.93. The molecule has 2 fully saturated rings. The molecule has 0 spiro atoms. The van der Waals surface area contributed by atoms with Crippen molar-refractivity contribution >= 4 is 5.78 Å². The molecule has 3 unspecified atom stereocenters.